The van der Waals surface area contributed by atoms with Gasteiger partial charge in [0.1, 0.15) is 11.6 Å². The second-order valence-corrected chi connectivity index (χ2v) is 6.32. The van der Waals surface area contributed by atoms with Crippen molar-refractivity contribution in [2.24, 2.45) is 5.92 Å². The fourth-order valence-corrected chi connectivity index (χ4v) is 2.88. The van der Waals surface area contributed by atoms with E-state index in [1.54, 1.807) is 0 Å². The molecule has 0 radical (unpaired) electrons. The van der Waals surface area contributed by atoms with Gasteiger partial charge in [0.15, 0.2) is 0 Å². The molecule has 144 valence electrons. The van der Waals surface area contributed by atoms with Crippen molar-refractivity contribution in [3.8, 4) is 0 Å². The summed E-state index contributed by atoms with van der Waals surface area (Å²) in [6.45, 7) is -0.0550. The fourth-order valence-electron chi connectivity index (χ4n) is 2.88. The monoisotopic (exact) mass is 378 g/mol. The summed E-state index contributed by atoms with van der Waals surface area (Å²) in [4.78, 5) is 26.9. The number of nitrogens with zero attached hydrogens (tertiary/aromatic N) is 2. The predicted octanol–water partition coefficient (Wildman–Crippen LogP) is 3.23. The Labute approximate surface area is 147 Å². The topological polar surface area (TPSA) is 40.6 Å². The Morgan fingerprint density at radius 1 is 1.19 bits per heavy atom. The average molecular weight is 378 g/mol. The zero-order valence-corrected chi connectivity index (χ0v) is 14.2. The van der Waals surface area contributed by atoms with Crippen molar-refractivity contribution in [2.45, 2.75) is 25.4 Å². The number of amides is 2. The first-order valence-corrected chi connectivity index (χ1v) is 8.14. The van der Waals surface area contributed by atoms with E-state index >= 15 is 0 Å². The van der Waals surface area contributed by atoms with Crippen LogP contribution in [0.1, 0.15) is 29.6 Å². The number of alkyl halides is 3. The van der Waals surface area contributed by atoms with Gasteiger partial charge in [-0.05, 0) is 25.0 Å². The number of benzene rings is 1. The van der Waals surface area contributed by atoms with Gasteiger partial charge in [-0.15, -0.1) is 0 Å². The SMILES string of the molecule is CN(CCC(F)(F)F)C(=O)C1CCN(C(=O)c2ccc(F)cc2F)CC1. The van der Waals surface area contributed by atoms with Gasteiger partial charge in [0.2, 0.25) is 5.91 Å². The summed E-state index contributed by atoms with van der Waals surface area (Å²) in [7, 11) is 1.32. The summed E-state index contributed by atoms with van der Waals surface area (Å²) >= 11 is 0. The summed E-state index contributed by atoms with van der Waals surface area (Å²) in [6.07, 6.45) is -4.84. The molecule has 4 nitrogen and oxygen atoms in total. The summed E-state index contributed by atoms with van der Waals surface area (Å²) < 4.78 is 63.4. The Kier molecular flexibility index (Phi) is 6.20. The van der Waals surface area contributed by atoms with E-state index in [-0.39, 0.29) is 31.5 Å². The molecule has 0 unspecified atom stereocenters. The first-order chi connectivity index (χ1) is 12.1. The Morgan fingerprint density at radius 3 is 2.35 bits per heavy atom. The van der Waals surface area contributed by atoms with Crippen molar-refractivity contribution in [1.29, 1.82) is 0 Å². The molecule has 0 atom stereocenters. The first-order valence-electron chi connectivity index (χ1n) is 8.14. The summed E-state index contributed by atoms with van der Waals surface area (Å²) in [5.41, 5.74) is -0.251. The molecule has 2 rings (SSSR count). The van der Waals surface area contributed by atoms with E-state index < -0.39 is 48.5 Å². The quantitative estimate of drug-likeness (QED) is 0.755. The third kappa shape index (κ3) is 5.15. The Balaban J connectivity index is 1.90. The third-order valence-electron chi connectivity index (χ3n) is 4.40. The molecule has 0 aromatic heterocycles. The van der Waals surface area contributed by atoms with Gasteiger partial charge in [-0.25, -0.2) is 8.78 Å². The smallest absolute Gasteiger partial charge is 0.345 e. The fraction of sp³-hybridized carbons (Fsp3) is 0.529. The van der Waals surface area contributed by atoms with Crippen molar-refractivity contribution in [3.05, 3.63) is 35.4 Å². The van der Waals surface area contributed by atoms with Crippen LogP contribution in [0, 0.1) is 17.6 Å². The van der Waals surface area contributed by atoms with Crippen LogP contribution in [-0.4, -0.2) is 54.5 Å². The molecule has 2 amide bonds. The van der Waals surface area contributed by atoms with Gasteiger partial charge in [0.25, 0.3) is 5.91 Å². The molecule has 9 heteroatoms. The molecule has 26 heavy (non-hydrogen) atoms. The molecule has 1 heterocycles. The summed E-state index contributed by atoms with van der Waals surface area (Å²) in [5, 5.41) is 0. The maximum absolute atomic E-state index is 13.7. The first kappa shape index (κ1) is 20.1. The maximum atomic E-state index is 13.7. The lowest BCUT2D eigenvalue weighted by Crippen LogP contribution is -2.44. The summed E-state index contributed by atoms with van der Waals surface area (Å²) in [5.74, 6) is -3.21. The second-order valence-electron chi connectivity index (χ2n) is 6.32. The Morgan fingerprint density at radius 2 is 1.81 bits per heavy atom. The molecular formula is C17H19F5N2O2. The largest absolute Gasteiger partial charge is 0.390 e. The van der Waals surface area contributed by atoms with Crippen molar-refractivity contribution < 1.29 is 31.5 Å². The van der Waals surface area contributed by atoms with Crippen LogP contribution in [0.3, 0.4) is 0 Å². The zero-order chi connectivity index (χ0) is 19.5. The van der Waals surface area contributed by atoms with E-state index in [1.165, 1.54) is 11.9 Å². The van der Waals surface area contributed by atoms with E-state index in [9.17, 15) is 31.5 Å². The van der Waals surface area contributed by atoms with Crippen LogP contribution in [0.25, 0.3) is 0 Å². The van der Waals surface area contributed by atoms with Crippen LogP contribution in [0.5, 0.6) is 0 Å². The molecule has 0 aliphatic carbocycles. The van der Waals surface area contributed by atoms with Crippen LogP contribution in [0.15, 0.2) is 18.2 Å². The van der Waals surface area contributed by atoms with Crippen LogP contribution >= 0.6 is 0 Å². The standard InChI is InChI=1S/C17H19F5N2O2/c1-23(9-6-17(20,21)22)15(25)11-4-7-24(8-5-11)16(26)13-3-2-12(18)10-14(13)19/h2-3,10-11H,4-9H2,1H3. The van der Waals surface area contributed by atoms with Crippen LogP contribution in [0.4, 0.5) is 22.0 Å². The number of piperidine rings is 1. The van der Waals surface area contributed by atoms with Crippen LogP contribution < -0.4 is 0 Å². The van der Waals surface area contributed by atoms with Gasteiger partial charge in [0, 0.05) is 38.7 Å². The number of carbonyl (C=O) groups is 2. The molecule has 0 N–H and O–H groups in total. The van der Waals surface area contributed by atoms with Gasteiger partial charge in [-0.1, -0.05) is 0 Å². The molecule has 1 aliphatic heterocycles. The Hall–Kier alpha value is -2.19. The summed E-state index contributed by atoms with van der Waals surface area (Å²) in [6, 6.07) is 2.68. The Bertz CT molecular complexity index is 670. The predicted molar refractivity (Wildman–Crippen MR) is 83.3 cm³/mol. The van der Waals surface area contributed by atoms with Gasteiger partial charge in [-0.2, -0.15) is 13.2 Å². The van der Waals surface area contributed by atoms with E-state index in [0.29, 0.717) is 6.07 Å². The highest BCUT2D eigenvalue weighted by molar-refractivity contribution is 5.94. The van der Waals surface area contributed by atoms with E-state index in [0.717, 1.165) is 17.0 Å². The molecule has 1 saturated heterocycles. The average Bonchev–Trinajstić information content (AvgIpc) is 2.58. The van der Waals surface area contributed by atoms with E-state index in [4.69, 9.17) is 0 Å². The van der Waals surface area contributed by atoms with Crippen molar-refractivity contribution >= 4 is 11.8 Å². The highest BCUT2D eigenvalue weighted by Gasteiger charge is 2.32. The second kappa shape index (κ2) is 8.01. The van der Waals surface area contributed by atoms with Crippen LogP contribution in [-0.2, 0) is 4.79 Å². The zero-order valence-electron chi connectivity index (χ0n) is 14.2. The molecule has 1 aromatic carbocycles. The van der Waals surface area contributed by atoms with Gasteiger partial charge >= 0.3 is 6.18 Å². The minimum Gasteiger partial charge on any atom is -0.345 e. The van der Waals surface area contributed by atoms with Crippen LogP contribution in [0.2, 0.25) is 0 Å². The van der Waals surface area contributed by atoms with E-state index in [2.05, 4.69) is 0 Å². The number of halogens is 5. The minimum absolute atomic E-state index is 0.180. The molecule has 0 spiro atoms. The highest BCUT2D eigenvalue weighted by Crippen LogP contribution is 2.24. The lowest BCUT2D eigenvalue weighted by atomic mass is 9.94. The van der Waals surface area contributed by atoms with Crippen molar-refractivity contribution in [3.63, 3.8) is 0 Å². The lowest BCUT2D eigenvalue weighted by Gasteiger charge is -2.33. The highest BCUT2D eigenvalue weighted by atomic mass is 19.4. The molecule has 0 bridgehead atoms. The van der Waals surface area contributed by atoms with E-state index in [1.807, 2.05) is 0 Å². The van der Waals surface area contributed by atoms with Crippen molar-refractivity contribution in [2.75, 3.05) is 26.7 Å². The number of carbonyl (C=O) groups excluding carboxylic acids is 2. The molecule has 0 saturated carbocycles. The normalized spacial score (nSPS) is 15.8. The molecule has 1 fully saturated rings. The van der Waals surface area contributed by atoms with Gasteiger partial charge < -0.3 is 9.80 Å². The number of hydrogen-bond donors (Lipinski definition) is 0. The number of likely N-dealkylation sites (tertiary alicyclic amines) is 1. The molecule has 1 aliphatic rings. The number of hydrogen-bond acceptors (Lipinski definition) is 2. The van der Waals surface area contributed by atoms with Gasteiger partial charge in [-0.3, -0.25) is 9.59 Å². The molecular weight excluding hydrogens is 359 g/mol. The number of rotatable bonds is 4. The maximum Gasteiger partial charge on any atom is 0.390 e. The minimum atomic E-state index is -4.33. The third-order valence-corrected chi connectivity index (χ3v) is 4.40. The van der Waals surface area contributed by atoms with Gasteiger partial charge in [0.05, 0.1) is 12.0 Å². The van der Waals surface area contributed by atoms with Crippen molar-refractivity contribution in [1.82, 2.24) is 9.80 Å². The molecule has 1 aromatic rings. The lowest BCUT2D eigenvalue weighted by molar-refractivity contribution is -0.146.